The lowest BCUT2D eigenvalue weighted by atomic mass is 9.99. The fourth-order valence-corrected chi connectivity index (χ4v) is 3.35. The Morgan fingerprint density at radius 2 is 2.22 bits per heavy atom. The van der Waals surface area contributed by atoms with Crippen LogP contribution < -0.4 is 5.73 Å². The van der Waals surface area contributed by atoms with Crippen molar-refractivity contribution in [3.05, 3.63) is 28.0 Å². The van der Waals surface area contributed by atoms with Crippen LogP contribution in [0.15, 0.2) is 16.7 Å². The minimum Gasteiger partial charge on any atom is -0.477 e. The zero-order chi connectivity index (χ0) is 13.4. The van der Waals surface area contributed by atoms with E-state index in [2.05, 4.69) is 0 Å². The summed E-state index contributed by atoms with van der Waals surface area (Å²) < 4.78 is 5.05. The SMILES string of the molecule is CC(C)c1c(-c2ccoc2Cl)sc(C(=O)O)c1N. The summed E-state index contributed by atoms with van der Waals surface area (Å²) in [6.07, 6.45) is 1.47. The molecule has 6 heteroatoms. The maximum atomic E-state index is 11.1. The number of anilines is 1. The van der Waals surface area contributed by atoms with Gasteiger partial charge in [-0.2, -0.15) is 0 Å². The number of halogens is 1. The predicted octanol–water partition coefficient (Wildman–Crippen LogP) is 4.07. The first-order chi connectivity index (χ1) is 8.43. The molecule has 0 radical (unpaired) electrons. The van der Waals surface area contributed by atoms with Gasteiger partial charge >= 0.3 is 5.97 Å². The number of carbonyl (C=O) groups is 1. The Morgan fingerprint density at radius 1 is 1.56 bits per heavy atom. The predicted molar refractivity (Wildman–Crippen MR) is 72.5 cm³/mol. The van der Waals surface area contributed by atoms with Crippen molar-refractivity contribution in [3.8, 4) is 10.4 Å². The van der Waals surface area contributed by atoms with E-state index in [1.165, 1.54) is 6.26 Å². The largest absolute Gasteiger partial charge is 0.477 e. The minimum atomic E-state index is -1.02. The van der Waals surface area contributed by atoms with Crippen molar-refractivity contribution in [2.75, 3.05) is 5.73 Å². The molecule has 2 rings (SSSR count). The van der Waals surface area contributed by atoms with Crippen molar-refractivity contribution in [2.45, 2.75) is 19.8 Å². The molecule has 2 heterocycles. The Bertz CT molecular complexity index is 600. The molecule has 2 aromatic rings. The van der Waals surface area contributed by atoms with Crippen molar-refractivity contribution in [3.63, 3.8) is 0 Å². The van der Waals surface area contributed by atoms with Gasteiger partial charge < -0.3 is 15.3 Å². The van der Waals surface area contributed by atoms with Crippen molar-refractivity contribution in [1.82, 2.24) is 0 Å². The first kappa shape index (κ1) is 13.0. The van der Waals surface area contributed by atoms with Gasteiger partial charge in [-0.15, -0.1) is 11.3 Å². The number of nitrogen functional groups attached to an aromatic ring is 1. The lowest BCUT2D eigenvalue weighted by Crippen LogP contribution is -2.00. The van der Waals surface area contributed by atoms with Crippen molar-refractivity contribution in [2.24, 2.45) is 0 Å². The molecule has 0 aliphatic heterocycles. The monoisotopic (exact) mass is 285 g/mol. The van der Waals surface area contributed by atoms with E-state index < -0.39 is 5.97 Å². The van der Waals surface area contributed by atoms with Gasteiger partial charge in [0.05, 0.1) is 12.0 Å². The van der Waals surface area contributed by atoms with Gasteiger partial charge in [-0.1, -0.05) is 13.8 Å². The number of hydrogen-bond donors (Lipinski definition) is 2. The second kappa shape index (κ2) is 4.66. The molecule has 4 nitrogen and oxygen atoms in total. The van der Waals surface area contributed by atoms with Crippen LogP contribution >= 0.6 is 22.9 Å². The summed E-state index contributed by atoms with van der Waals surface area (Å²) in [7, 11) is 0. The molecular weight excluding hydrogens is 274 g/mol. The standard InChI is InChI=1S/C12H12ClNO3S/c1-5(2)7-8(14)10(12(15)16)18-9(7)6-3-4-17-11(6)13/h3-5H,14H2,1-2H3,(H,15,16). The van der Waals surface area contributed by atoms with E-state index in [-0.39, 0.29) is 16.0 Å². The molecule has 18 heavy (non-hydrogen) atoms. The van der Waals surface area contributed by atoms with E-state index in [0.29, 0.717) is 11.3 Å². The average molecular weight is 286 g/mol. The number of carboxylic acids is 1. The summed E-state index contributed by atoms with van der Waals surface area (Å²) in [5.41, 5.74) is 7.72. The third-order valence-electron chi connectivity index (χ3n) is 2.62. The molecule has 0 aromatic carbocycles. The van der Waals surface area contributed by atoms with E-state index in [9.17, 15) is 4.79 Å². The molecule has 0 aliphatic rings. The van der Waals surface area contributed by atoms with Crippen molar-refractivity contribution in [1.29, 1.82) is 0 Å². The number of hydrogen-bond acceptors (Lipinski definition) is 4. The number of furan rings is 1. The average Bonchev–Trinajstić information content (AvgIpc) is 2.81. The number of carboxylic acid groups (broad SMARTS) is 1. The zero-order valence-corrected chi connectivity index (χ0v) is 11.4. The fraction of sp³-hybridized carbons (Fsp3) is 0.250. The van der Waals surface area contributed by atoms with Gasteiger partial charge in [0.1, 0.15) is 4.88 Å². The first-order valence-corrected chi connectivity index (χ1v) is 6.51. The molecule has 2 aromatic heterocycles. The highest BCUT2D eigenvalue weighted by Gasteiger charge is 2.25. The smallest absolute Gasteiger partial charge is 0.348 e. The summed E-state index contributed by atoms with van der Waals surface area (Å²) >= 11 is 7.07. The normalized spacial score (nSPS) is 11.1. The van der Waals surface area contributed by atoms with Crippen LogP contribution in [0.5, 0.6) is 0 Å². The molecule has 0 aliphatic carbocycles. The molecule has 0 atom stereocenters. The maximum absolute atomic E-state index is 11.1. The molecule has 96 valence electrons. The third-order valence-corrected chi connectivity index (χ3v) is 4.15. The van der Waals surface area contributed by atoms with Crippen LogP contribution in [-0.2, 0) is 0 Å². The maximum Gasteiger partial charge on any atom is 0.348 e. The van der Waals surface area contributed by atoms with Gasteiger partial charge in [0.25, 0.3) is 0 Å². The number of nitrogens with two attached hydrogens (primary N) is 1. The summed E-state index contributed by atoms with van der Waals surface area (Å²) in [5.74, 6) is -0.916. The van der Waals surface area contributed by atoms with E-state index in [0.717, 1.165) is 21.8 Å². The zero-order valence-electron chi connectivity index (χ0n) is 9.86. The summed E-state index contributed by atoms with van der Waals surface area (Å²) in [5, 5.41) is 9.37. The first-order valence-electron chi connectivity index (χ1n) is 5.32. The summed E-state index contributed by atoms with van der Waals surface area (Å²) in [4.78, 5) is 12.0. The van der Waals surface area contributed by atoms with Crippen LogP contribution in [-0.4, -0.2) is 11.1 Å². The van der Waals surface area contributed by atoms with Gasteiger partial charge in [0, 0.05) is 10.4 Å². The third kappa shape index (κ3) is 2.00. The molecule has 0 fully saturated rings. The highest BCUT2D eigenvalue weighted by molar-refractivity contribution is 7.18. The molecular formula is C12H12ClNO3S. The lowest BCUT2D eigenvalue weighted by Gasteiger charge is -2.07. The van der Waals surface area contributed by atoms with E-state index >= 15 is 0 Å². The molecule has 3 N–H and O–H groups in total. The highest BCUT2D eigenvalue weighted by atomic mass is 35.5. The van der Waals surface area contributed by atoms with Crippen molar-refractivity contribution >= 4 is 34.6 Å². The Hall–Kier alpha value is -1.46. The Balaban J connectivity index is 2.71. The van der Waals surface area contributed by atoms with Gasteiger partial charge in [0.2, 0.25) is 5.22 Å². The molecule has 0 saturated heterocycles. The Labute approximate surface area is 113 Å². The molecule has 0 unspecified atom stereocenters. The second-order valence-corrected chi connectivity index (χ2v) is 5.52. The van der Waals surface area contributed by atoms with E-state index in [4.69, 9.17) is 26.9 Å². The quantitative estimate of drug-likeness (QED) is 0.891. The Morgan fingerprint density at radius 3 is 2.67 bits per heavy atom. The molecule has 0 spiro atoms. The topological polar surface area (TPSA) is 76.5 Å². The van der Waals surface area contributed by atoms with Gasteiger partial charge in [-0.25, -0.2) is 4.79 Å². The number of aromatic carboxylic acids is 1. The van der Waals surface area contributed by atoms with Crippen LogP contribution in [0.1, 0.15) is 35.0 Å². The van der Waals surface area contributed by atoms with E-state index in [1.54, 1.807) is 6.07 Å². The highest BCUT2D eigenvalue weighted by Crippen LogP contribution is 2.44. The lowest BCUT2D eigenvalue weighted by molar-refractivity contribution is 0.0703. The van der Waals surface area contributed by atoms with E-state index in [1.807, 2.05) is 13.8 Å². The summed E-state index contributed by atoms with van der Waals surface area (Å²) in [6, 6.07) is 1.71. The van der Waals surface area contributed by atoms with Gasteiger partial charge in [-0.3, -0.25) is 0 Å². The van der Waals surface area contributed by atoms with Crippen molar-refractivity contribution < 1.29 is 14.3 Å². The number of thiophene rings is 1. The molecule has 0 amide bonds. The fourth-order valence-electron chi connectivity index (χ4n) is 1.84. The Kier molecular flexibility index (Phi) is 3.36. The molecule has 0 bridgehead atoms. The van der Waals surface area contributed by atoms with Gasteiger partial charge in [-0.05, 0) is 29.1 Å². The van der Waals surface area contributed by atoms with Crippen LogP contribution in [0.4, 0.5) is 5.69 Å². The van der Waals surface area contributed by atoms with Crippen LogP contribution in [0.25, 0.3) is 10.4 Å². The van der Waals surface area contributed by atoms with Crippen LogP contribution in [0.3, 0.4) is 0 Å². The van der Waals surface area contributed by atoms with Crippen LogP contribution in [0, 0.1) is 0 Å². The van der Waals surface area contributed by atoms with Crippen LogP contribution in [0.2, 0.25) is 5.22 Å². The second-order valence-electron chi connectivity index (χ2n) is 4.16. The number of rotatable bonds is 3. The molecule has 0 saturated carbocycles. The van der Waals surface area contributed by atoms with Gasteiger partial charge in [0.15, 0.2) is 0 Å². The minimum absolute atomic E-state index is 0.107. The summed E-state index contributed by atoms with van der Waals surface area (Å²) in [6.45, 7) is 3.92.